The van der Waals surface area contributed by atoms with Crippen molar-refractivity contribution in [2.45, 2.75) is 59.7 Å². The van der Waals surface area contributed by atoms with E-state index in [0.29, 0.717) is 6.42 Å². The molecule has 1 fully saturated rings. The summed E-state index contributed by atoms with van der Waals surface area (Å²) in [5.41, 5.74) is -0.118. The van der Waals surface area contributed by atoms with Gasteiger partial charge in [-0.1, -0.05) is 20.8 Å². The number of hydrogen-bond acceptors (Lipinski definition) is 4. The highest BCUT2D eigenvalue weighted by Crippen LogP contribution is 2.31. The smallest absolute Gasteiger partial charge is 0.304 e. The van der Waals surface area contributed by atoms with Gasteiger partial charge in [-0.15, -0.1) is 0 Å². The maximum Gasteiger partial charge on any atom is 0.304 e. The van der Waals surface area contributed by atoms with Gasteiger partial charge in [-0.25, -0.2) is 0 Å². The minimum atomic E-state index is -0.476. The van der Waals surface area contributed by atoms with Gasteiger partial charge in [0.05, 0.1) is 6.10 Å². The van der Waals surface area contributed by atoms with E-state index < -0.39 is 6.29 Å². The van der Waals surface area contributed by atoms with E-state index >= 15 is 0 Å². The molecule has 0 radical (unpaired) electrons. The largest absolute Gasteiger partial charge is 0.436 e. The lowest BCUT2D eigenvalue weighted by Gasteiger charge is -2.39. The van der Waals surface area contributed by atoms with E-state index in [1.54, 1.807) is 0 Å². The Morgan fingerprint density at radius 1 is 1.33 bits per heavy atom. The molecule has 1 saturated heterocycles. The molecule has 4 nitrogen and oxygen atoms in total. The highest BCUT2D eigenvalue weighted by molar-refractivity contribution is 5.66. The standard InChI is InChI=1S/C11H20O4/c1-7-6-9(14-8(2)12)15-10(13-7)11(3,4)5/h7,9-10H,6H2,1-5H3/t7-,9-,10-/m0/s1. The maximum absolute atomic E-state index is 10.8. The monoisotopic (exact) mass is 216 g/mol. The van der Waals surface area contributed by atoms with Gasteiger partial charge < -0.3 is 14.2 Å². The number of carbonyl (C=O) groups excluding carboxylic acids is 1. The third kappa shape index (κ3) is 3.80. The molecule has 1 aliphatic heterocycles. The average Bonchev–Trinajstić information content (AvgIpc) is 1.99. The molecule has 3 atom stereocenters. The molecule has 4 heteroatoms. The minimum Gasteiger partial charge on any atom is -0.436 e. The van der Waals surface area contributed by atoms with E-state index in [1.807, 2.05) is 27.7 Å². The van der Waals surface area contributed by atoms with E-state index in [9.17, 15) is 4.79 Å². The zero-order valence-corrected chi connectivity index (χ0v) is 10.1. The molecule has 1 heterocycles. The number of carbonyl (C=O) groups is 1. The molecule has 0 saturated carbocycles. The number of ether oxygens (including phenoxy) is 3. The van der Waals surface area contributed by atoms with Crippen molar-refractivity contribution in [1.29, 1.82) is 0 Å². The average molecular weight is 216 g/mol. The molecule has 0 aliphatic carbocycles. The lowest BCUT2D eigenvalue weighted by atomic mass is 9.95. The van der Waals surface area contributed by atoms with Gasteiger partial charge in [-0.05, 0) is 6.92 Å². The molecule has 0 N–H and O–H groups in total. The zero-order chi connectivity index (χ0) is 11.6. The SMILES string of the molecule is CC(=O)O[C@@H]1C[C@H](C)O[C@H](C(C)(C)C)O1. The summed E-state index contributed by atoms with van der Waals surface area (Å²) < 4.78 is 16.3. The van der Waals surface area contributed by atoms with Crippen LogP contribution >= 0.6 is 0 Å². The van der Waals surface area contributed by atoms with Gasteiger partial charge >= 0.3 is 5.97 Å². The van der Waals surface area contributed by atoms with Crippen LogP contribution in [-0.4, -0.2) is 24.7 Å². The van der Waals surface area contributed by atoms with Crippen molar-refractivity contribution >= 4 is 5.97 Å². The molecule has 0 aromatic rings. The fourth-order valence-electron chi connectivity index (χ4n) is 1.43. The summed E-state index contributed by atoms with van der Waals surface area (Å²) in [6, 6.07) is 0. The Morgan fingerprint density at radius 2 is 1.93 bits per heavy atom. The summed E-state index contributed by atoms with van der Waals surface area (Å²) in [5.74, 6) is -0.318. The topological polar surface area (TPSA) is 44.8 Å². The molecule has 0 aromatic carbocycles. The van der Waals surface area contributed by atoms with E-state index in [0.717, 1.165) is 0 Å². The molecule has 0 amide bonds. The van der Waals surface area contributed by atoms with Crippen LogP contribution in [0.3, 0.4) is 0 Å². The molecule has 0 spiro atoms. The van der Waals surface area contributed by atoms with Crippen molar-refractivity contribution in [3.63, 3.8) is 0 Å². The molecule has 88 valence electrons. The maximum atomic E-state index is 10.8. The van der Waals surface area contributed by atoms with Crippen LogP contribution < -0.4 is 0 Å². The first-order valence-electron chi connectivity index (χ1n) is 5.27. The Bertz CT molecular complexity index is 231. The fourth-order valence-corrected chi connectivity index (χ4v) is 1.43. The molecule has 15 heavy (non-hydrogen) atoms. The third-order valence-corrected chi connectivity index (χ3v) is 2.16. The Morgan fingerprint density at radius 3 is 2.40 bits per heavy atom. The van der Waals surface area contributed by atoms with Gasteiger partial charge in [0.2, 0.25) is 6.29 Å². The Kier molecular flexibility index (Phi) is 3.73. The van der Waals surface area contributed by atoms with Crippen LogP contribution in [-0.2, 0) is 19.0 Å². The second kappa shape index (κ2) is 4.49. The van der Waals surface area contributed by atoms with Crippen LogP contribution in [0.1, 0.15) is 41.0 Å². The summed E-state index contributed by atoms with van der Waals surface area (Å²) in [6.07, 6.45) is -0.167. The summed E-state index contributed by atoms with van der Waals surface area (Å²) in [5, 5.41) is 0. The quantitative estimate of drug-likeness (QED) is 0.629. The van der Waals surface area contributed by atoms with Gasteiger partial charge in [0, 0.05) is 18.8 Å². The lowest BCUT2D eigenvalue weighted by Crippen LogP contribution is -2.45. The summed E-state index contributed by atoms with van der Waals surface area (Å²) in [7, 11) is 0. The van der Waals surface area contributed by atoms with Crippen molar-refractivity contribution in [2.75, 3.05) is 0 Å². The van der Waals surface area contributed by atoms with Crippen molar-refractivity contribution in [3.8, 4) is 0 Å². The fraction of sp³-hybridized carbons (Fsp3) is 0.909. The van der Waals surface area contributed by atoms with Crippen LogP contribution in [0.25, 0.3) is 0 Å². The van der Waals surface area contributed by atoms with Gasteiger partial charge in [-0.3, -0.25) is 4.79 Å². The molecule has 1 rings (SSSR count). The lowest BCUT2D eigenvalue weighted by molar-refractivity contribution is -0.321. The Hall–Kier alpha value is -0.610. The molecule has 0 unspecified atom stereocenters. The molecule has 0 bridgehead atoms. The second-order valence-electron chi connectivity index (χ2n) is 5.06. The molecular formula is C11H20O4. The second-order valence-corrected chi connectivity index (χ2v) is 5.06. The van der Waals surface area contributed by atoms with Gasteiger partial charge in [-0.2, -0.15) is 0 Å². The van der Waals surface area contributed by atoms with E-state index in [2.05, 4.69) is 0 Å². The van der Waals surface area contributed by atoms with Crippen LogP contribution in [0, 0.1) is 5.41 Å². The van der Waals surface area contributed by atoms with Crippen molar-refractivity contribution in [1.82, 2.24) is 0 Å². The number of rotatable bonds is 1. The highest BCUT2D eigenvalue weighted by Gasteiger charge is 2.36. The van der Waals surface area contributed by atoms with Gasteiger partial charge in [0.1, 0.15) is 0 Å². The van der Waals surface area contributed by atoms with E-state index in [4.69, 9.17) is 14.2 Å². The van der Waals surface area contributed by atoms with Crippen molar-refractivity contribution < 1.29 is 19.0 Å². The first kappa shape index (κ1) is 12.5. The third-order valence-electron chi connectivity index (χ3n) is 2.16. The van der Waals surface area contributed by atoms with Crippen LogP contribution in [0.15, 0.2) is 0 Å². The van der Waals surface area contributed by atoms with Crippen molar-refractivity contribution in [3.05, 3.63) is 0 Å². The first-order valence-corrected chi connectivity index (χ1v) is 5.27. The predicted molar refractivity (Wildman–Crippen MR) is 55.0 cm³/mol. The minimum absolute atomic E-state index is 0.0484. The molecule has 1 aliphatic rings. The summed E-state index contributed by atoms with van der Waals surface area (Å²) in [4.78, 5) is 10.8. The highest BCUT2D eigenvalue weighted by atomic mass is 16.8. The number of esters is 1. The van der Waals surface area contributed by atoms with Crippen molar-refractivity contribution in [2.24, 2.45) is 5.41 Å². The van der Waals surface area contributed by atoms with Gasteiger partial charge in [0.25, 0.3) is 0 Å². The van der Waals surface area contributed by atoms with Crippen LogP contribution in [0.2, 0.25) is 0 Å². The van der Waals surface area contributed by atoms with Crippen LogP contribution in [0.5, 0.6) is 0 Å². The number of hydrogen-bond donors (Lipinski definition) is 0. The normalized spacial score (nSPS) is 32.5. The van der Waals surface area contributed by atoms with E-state index in [1.165, 1.54) is 6.92 Å². The molecule has 0 aromatic heterocycles. The Labute approximate surface area is 90.9 Å². The zero-order valence-electron chi connectivity index (χ0n) is 10.1. The predicted octanol–water partition coefficient (Wildman–Crippen LogP) is 2.07. The van der Waals surface area contributed by atoms with E-state index in [-0.39, 0.29) is 23.8 Å². The Balaban J connectivity index is 2.59. The first-order chi connectivity index (χ1) is 6.79. The van der Waals surface area contributed by atoms with Gasteiger partial charge in [0.15, 0.2) is 6.29 Å². The summed E-state index contributed by atoms with van der Waals surface area (Å²) >= 11 is 0. The molecular weight excluding hydrogens is 196 g/mol. The van der Waals surface area contributed by atoms with Crippen LogP contribution in [0.4, 0.5) is 0 Å². The summed E-state index contributed by atoms with van der Waals surface area (Å²) in [6.45, 7) is 9.43.